The first-order valence-corrected chi connectivity index (χ1v) is 8.28. The molecule has 0 aliphatic carbocycles. The van der Waals surface area contributed by atoms with Crippen LogP contribution in [0.4, 0.5) is 0 Å². The third kappa shape index (κ3) is 3.52. The number of hydrogen-bond donors (Lipinski definition) is 2. The van der Waals surface area contributed by atoms with Crippen LogP contribution < -0.4 is 10.3 Å². The Morgan fingerprint density at radius 2 is 2.00 bits per heavy atom. The number of carbonyl (C=O) groups excluding carboxylic acids is 1. The highest BCUT2D eigenvalue weighted by Crippen LogP contribution is 2.22. The minimum atomic E-state index is -3.84. The molecule has 2 aromatic rings. The van der Waals surface area contributed by atoms with Crippen molar-refractivity contribution in [2.45, 2.75) is 11.8 Å². The van der Waals surface area contributed by atoms with Crippen LogP contribution in [0, 0.1) is 6.92 Å². The fourth-order valence-corrected chi connectivity index (χ4v) is 3.79. The Kier molecular flexibility index (Phi) is 4.50. The van der Waals surface area contributed by atoms with Crippen molar-refractivity contribution in [3.63, 3.8) is 0 Å². The minimum absolute atomic E-state index is 0.0558. The fourth-order valence-electron chi connectivity index (χ4n) is 1.75. The van der Waals surface area contributed by atoms with E-state index >= 15 is 0 Å². The predicted molar refractivity (Wildman–Crippen MR) is 82.1 cm³/mol. The van der Waals surface area contributed by atoms with Gasteiger partial charge in [0.1, 0.15) is 5.69 Å². The van der Waals surface area contributed by atoms with E-state index in [1.165, 1.54) is 6.07 Å². The average Bonchev–Trinajstić information content (AvgIpc) is 2.82. The molecule has 0 aliphatic rings. The number of sulfonamides is 1. The molecule has 1 heterocycles. The normalized spacial score (nSPS) is 11.4. The molecule has 0 spiro atoms. The number of hydrazine groups is 1. The maximum Gasteiger partial charge on any atom is 0.282 e. The van der Waals surface area contributed by atoms with Crippen LogP contribution in [-0.4, -0.2) is 18.9 Å². The lowest BCUT2D eigenvalue weighted by atomic mass is 10.2. The Morgan fingerprint density at radius 1 is 1.29 bits per heavy atom. The number of nitrogens with zero attached hydrogens (tertiary/aromatic N) is 1. The molecule has 2 rings (SSSR count). The van der Waals surface area contributed by atoms with Crippen LogP contribution in [-0.2, 0) is 17.1 Å². The van der Waals surface area contributed by atoms with Crippen molar-refractivity contribution in [3.05, 3.63) is 52.3 Å². The molecule has 0 atom stereocenters. The van der Waals surface area contributed by atoms with Gasteiger partial charge in [0.05, 0.1) is 4.90 Å². The van der Waals surface area contributed by atoms with Crippen LogP contribution in [0.1, 0.15) is 16.1 Å². The number of halogens is 1. The van der Waals surface area contributed by atoms with E-state index in [2.05, 4.69) is 26.2 Å². The number of nitrogens with one attached hydrogen (secondary N) is 2. The van der Waals surface area contributed by atoms with Crippen LogP contribution in [0.5, 0.6) is 0 Å². The first-order chi connectivity index (χ1) is 9.81. The molecule has 6 nitrogen and oxygen atoms in total. The molecule has 0 bridgehead atoms. The van der Waals surface area contributed by atoms with Crippen molar-refractivity contribution in [2.24, 2.45) is 7.05 Å². The average molecular weight is 372 g/mol. The van der Waals surface area contributed by atoms with Gasteiger partial charge in [-0.25, -0.2) is 8.42 Å². The van der Waals surface area contributed by atoms with E-state index < -0.39 is 15.9 Å². The van der Waals surface area contributed by atoms with E-state index in [1.807, 2.05) is 6.92 Å². The SMILES string of the molecule is Cc1ccc(S(=O)(=O)NNC(=O)c2cccn2C)c(Br)c1. The molecular weight excluding hydrogens is 358 g/mol. The summed E-state index contributed by atoms with van der Waals surface area (Å²) in [5, 5.41) is 0. The molecule has 1 amide bonds. The van der Waals surface area contributed by atoms with Crippen molar-refractivity contribution in [2.75, 3.05) is 0 Å². The monoisotopic (exact) mass is 371 g/mol. The first-order valence-electron chi connectivity index (χ1n) is 6.01. The quantitative estimate of drug-likeness (QED) is 0.802. The smallest absolute Gasteiger partial charge is 0.282 e. The lowest BCUT2D eigenvalue weighted by Crippen LogP contribution is -2.42. The van der Waals surface area contributed by atoms with E-state index in [0.29, 0.717) is 10.2 Å². The number of aryl methyl sites for hydroxylation is 2. The van der Waals surface area contributed by atoms with E-state index in [-0.39, 0.29) is 4.90 Å². The lowest BCUT2D eigenvalue weighted by Gasteiger charge is -2.10. The van der Waals surface area contributed by atoms with Crippen LogP contribution in [0.15, 0.2) is 45.9 Å². The number of amides is 1. The molecule has 0 saturated carbocycles. The molecule has 0 unspecified atom stereocenters. The summed E-state index contributed by atoms with van der Waals surface area (Å²) in [6.45, 7) is 1.85. The molecular formula is C13H14BrN3O3S. The Morgan fingerprint density at radius 3 is 2.57 bits per heavy atom. The van der Waals surface area contributed by atoms with Gasteiger partial charge >= 0.3 is 0 Å². The summed E-state index contributed by atoms with van der Waals surface area (Å²) >= 11 is 3.20. The summed E-state index contributed by atoms with van der Waals surface area (Å²) in [5.74, 6) is -0.533. The van der Waals surface area contributed by atoms with Crippen LogP contribution in [0.2, 0.25) is 0 Å². The number of rotatable bonds is 4. The third-order valence-corrected chi connectivity index (χ3v) is 5.08. The Balaban J connectivity index is 2.15. The van der Waals surface area contributed by atoms with Crippen LogP contribution in [0.25, 0.3) is 0 Å². The minimum Gasteiger partial charge on any atom is -0.347 e. The highest BCUT2D eigenvalue weighted by molar-refractivity contribution is 9.10. The van der Waals surface area contributed by atoms with E-state index in [9.17, 15) is 13.2 Å². The third-order valence-electron chi connectivity index (χ3n) is 2.85. The number of hydrogen-bond acceptors (Lipinski definition) is 3. The zero-order valence-corrected chi connectivity index (χ0v) is 13.8. The van der Waals surface area contributed by atoms with Gasteiger partial charge in [0, 0.05) is 17.7 Å². The predicted octanol–water partition coefficient (Wildman–Crippen LogP) is 1.72. The fraction of sp³-hybridized carbons (Fsp3) is 0.154. The van der Waals surface area contributed by atoms with E-state index in [0.717, 1.165) is 5.56 Å². The van der Waals surface area contributed by atoms with Crippen molar-refractivity contribution in [1.82, 2.24) is 14.8 Å². The Bertz CT molecular complexity index is 784. The summed E-state index contributed by atoms with van der Waals surface area (Å²) < 4.78 is 26.3. The van der Waals surface area contributed by atoms with Crippen molar-refractivity contribution in [3.8, 4) is 0 Å². The molecule has 21 heavy (non-hydrogen) atoms. The molecule has 1 aromatic heterocycles. The molecule has 2 N–H and O–H groups in total. The highest BCUT2D eigenvalue weighted by Gasteiger charge is 2.19. The maximum absolute atomic E-state index is 12.2. The zero-order valence-electron chi connectivity index (χ0n) is 11.4. The summed E-state index contributed by atoms with van der Waals surface area (Å²) in [6, 6.07) is 8.12. The largest absolute Gasteiger partial charge is 0.347 e. The second-order valence-electron chi connectivity index (χ2n) is 4.50. The molecule has 0 radical (unpaired) electrons. The highest BCUT2D eigenvalue weighted by atomic mass is 79.9. The first kappa shape index (κ1) is 15.7. The Labute approximate surface area is 131 Å². The summed E-state index contributed by atoms with van der Waals surface area (Å²) in [6.07, 6.45) is 1.69. The molecule has 0 aliphatic heterocycles. The van der Waals surface area contributed by atoms with Gasteiger partial charge in [-0.15, -0.1) is 4.83 Å². The topological polar surface area (TPSA) is 80.2 Å². The molecule has 1 aromatic carbocycles. The number of aromatic nitrogens is 1. The van der Waals surface area contributed by atoms with Gasteiger partial charge < -0.3 is 4.57 Å². The van der Waals surface area contributed by atoms with Crippen molar-refractivity contribution >= 4 is 31.9 Å². The van der Waals surface area contributed by atoms with Crippen LogP contribution in [0.3, 0.4) is 0 Å². The van der Waals surface area contributed by atoms with E-state index in [4.69, 9.17) is 0 Å². The van der Waals surface area contributed by atoms with E-state index in [1.54, 1.807) is 42.1 Å². The summed E-state index contributed by atoms with van der Waals surface area (Å²) in [5.41, 5.74) is 3.46. The van der Waals surface area contributed by atoms with Gasteiger partial charge in [-0.2, -0.15) is 0 Å². The molecule has 0 fully saturated rings. The number of carbonyl (C=O) groups is 1. The van der Waals surface area contributed by atoms with Crippen molar-refractivity contribution < 1.29 is 13.2 Å². The van der Waals surface area contributed by atoms with Crippen molar-refractivity contribution in [1.29, 1.82) is 0 Å². The molecule has 112 valence electrons. The van der Waals surface area contributed by atoms with Gasteiger partial charge in [0.2, 0.25) is 0 Å². The standard InChI is InChI=1S/C13H14BrN3O3S/c1-9-5-6-12(10(14)8-9)21(19,20)16-15-13(18)11-4-3-7-17(11)2/h3-8,16H,1-2H3,(H,15,18). The number of benzene rings is 1. The maximum atomic E-state index is 12.2. The zero-order chi connectivity index (χ0) is 15.6. The van der Waals surface area contributed by atoms with Gasteiger partial charge in [-0.05, 0) is 52.7 Å². The second kappa shape index (κ2) is 6.00. The second-order valence-corrected chi connectivity index (χ2v) is 7.00. The van der Waals surface area contributed by atoms with Crippen LogP contribution >= 0.6 is 15.9 Å². The van der Waals surface area contributed by atoms with Gasteiger partial charge in [-0.3, -0.25) is 10.2 Å². The molecule has 0 saturated heterocycles. The van der Waals surface area contributed by atoms with Gasteiger partial charge in [-0.1, -0.05) is 6.07 Å². The summed E-state index contributed by atoms with van der Waals surface area (Å²) in [7, 11) is -2.15. The summed E-state index contributed by atoms with van der Waals surface area (Å²) in [4.78, 5) is 14.0. The van der Waals surface area contributed by atoms with Gasteiger partial charge in [0.15, 0.2) is 0 Å². The lowest BCUT2D eigenvalue weighted by molar-refractivity contribution is 0.0937. The molecule has 8 heteroatoms. The Hall–Kier alpha value is -1.64. The van der Waals surface area contributed by atoms with Gasteiger partial charge in [0.25, 0.3) is 15.9 Å².